The van der Waals surface area contributed by atoms with Gasteiger partial charge in [0, 0.05) is 11.6 Å². The molecule has 28 heavy (non-hydrogen) atoms. The third kappa shape index (κ3) is 2.54. The fraction of sp³-hybridized carbons (Fsp3) is 0.455. The number of fused-ring (bicyclic) bond motifs is 3. The molecule has 2 amide bonds. The zero-order valence-electron chi connectivity index (χ0n) is 16.8. The molecule has 2 saturated heterocycles. The highest BCUT2D eigenvalue weighted by Gasteiger charge is 2.64. The highest BCUT2D eigenvalue weighted by atomic mass is 16.2. The number of allylic oxidation sites excluding steroid dienone is 1. The fourth-order valence-corrected chi connectivity index (χ4v) is 4.57. The number of hydrazone groups is 1. The first-order valence-electron chi connectivity index (χ1n) is 9.61. The maximum Gasteiger partial charge on any atom is 0.240 e. The number of carbonyl (C=O) groups is 3. The van der Waals surface area contributed by atoms with Crippen molar-refractivity contribution in [3.63, 3.8) is 0 Å². The number of hydrogen-bond donors (Lipinski definition) is 0. The minimum atomic E-state index is -0.733. The van der Waals surface area contributed by atoms with Crippen LogP contribution in [0.15, 0.2) is 35.5 Å². The third-order valence-corrected chi connectivity index (χ3v) is 5.89. The minimum Gasteiger partial charge on any atom is -0.297 e. The number of nitrogens with zero attached hydrogens (tertiary/aromatic N) is 3. The van der Waals surface area contributed by atoms with Crippen molar-refractivity contribution in [1.29, 1.82) is 0 Å². The molecule has 2 fully saturated rings. The minimum absolute atomic E-state index is 0.0684. The lowest BCUT2D eigenvalue weighted by molar-refractivity contribution is -0.136. The largest absolute Gasteiger partial charge is 0.297 e. The second-order valence-corrected chi connectivity index (χ2v) is 8.93. The number of ketones is 1. The van der Waals surface area contributed by atoms with E-state index in [1.54, 1.807) is 17.3 Å². The van der Waals surface area contributed by atoms with Crippen molar-refractivity contribution in [2.45, 2.75) is 46.7 Å². The average molecular weight is 379 g/mol. The number of hydrogen-bond acceptors (Lipinski definition) is 5. The molecule has 0 aromatic heterocycles. The van der Waals surface area contributed by atoms with E-state index in [-0.39, 0.29) is 23.6 Å². The van der Waals surface area contributed by atoms with E-state index in [1.807, 2.05) is 58.9 Å². The van der Waals surface area contributed by atoms with E-state index in [1.165, 1.54) is 4.90 Å². The van der Waals surface area contributed by atoms with Crippen molar-refractivity contribution in [2.24, 2.45) is 22.4 Å². The second-order valence-electron chi connectivity index (χ2n) is 8.93. The molecule has 0 spiro atoms. The van der Waals surface area contributed by atoms with Gasteiger partial charge in [-0.05, 0) is 31.6 Å². The Morgan fingerprint density at radius 3 is 2.39 bits per heavy atom. The van der Waals surface area contributed by atoms with Crippen molar-refractivity contribution < 1.29 is 14.4 Å². The number of imide groups is 1. The predicted molar refractivity (Wildman–Crippen MR) is 107 cm³/mol. The van der Waals surface area contributed by atoms with Crippen LogP contribution in [0.2, 0.25) is 0 Å². The Hall–Kier alpha value is -2.76. The Morgan fingerprint density at radius 1 is 1.07 bits per heavy atom. The van der Waals surface area contributed by atoms with Gasteiger partial charge in [-0.2, -0.15) is 5.10 Å². The number of anilines is 1. The summed E-state index contributed by atoms with van der Waals surface area (Å²) in [5.41, 5.74) is 1.90. The average Bonchev–Trinajstić information content (AvgIpc) is 3.08. The molecule has 6 nitrogen and oxygen atoms in total. The summed E-state index contributed by atoms with van der Waals surface area (Å²) in [5.74, 6) is -1.94. The third-order valence-electron chi connectivity index (χ3n) is 5.89. The molecule has 146 valence electrons. The number of aryl methyl sites for hydroxylation is 2. The number of rotatable bonds is 2. The lowest BCUT2D eigenvalue weighted by Gasteiger charge is -2.33. The zero-order chi connectivity index (χ0) is 20.4. The van der Waals surface area contributed by atoms with Gasteiger partial charge in [0.15, 0.2) is 5.78 Å². The lowest BCUT2D eigenvalue weighted by atomic mass is 9.80. The topological polar surface area (TPSA) is 70.1 Å². The molecule has 1 aromatic rings. The molecule has 6 heteroatoms. The fourth-order valence-electron chi connectivity index (χ4n) is 4.57. The van der Waals surface area contributed by atoms with Crippen molar-refractivity contribution in [1.82, 2.24) is 5.01 Å². The Balaban J connectivity index is 1.81. The van der Waals surface area contributed by atoms with Gasteiger partial charge in [0.2, 0.25) is 11.8 Å². The SMILES string of the molecule is Cc1ccc(N2C(=O)[C@@H]3[C@H](C2=O)[C@@H](C(=O)C(C)(C)C)N2N=CC=C[C@H]32)c(C)c1. The molecule has 1 aromatic carbocycles. The summed E-state index contributed by atoms with van der Waals surface area (Å²) in [4.78, 5) is 41.4. The summed E-state index contributed by atoms with van der Waals surface area (Å²) in [6, 6.07) is 4.56. The summed E-state index contributed by atoms with van der Waals surface area (Å²) in [7, 11) is 0. The summed E-state index contributed by atoms with van der Waals surface area (Å²) < 4.78 is 0. The van der Waals surface area contributed by atoms with Gasteiger partial charge in [-0.25, -0.2) is 4.90 Å². The van der Waals surface area contributed by atoms with Crippen LogP contribution in [-0.4, -0.2) is 40.9 Å². The van der Waals surface area contributed by atoms with E-state index in [9.17, 15) is 14.4 Å². The molecule has 0 bridgehead atoms. The Kier molecular flexibility index (Phi) is 4.07. The van der Waals surface area contributed by atoms with Crippen LogP contribution in [0.5, 0.6) is 0 Å². The summed E-state index contributed by atoms with van der Waals surface area (Å²) in [6.07, 6.45) is 5.26. The van der Waals surface area contributed by atoms with Gasteiger partial charge in [0.05, 0.1) is 23.6 Å². The van der Waals surface area contributed by atoms with E-state index in [4.69, 9.17) is 0 Å². The first-order valence-corrected chi connectivity index (χ1v) is 9.61. The van der Waals surface area contributed by atoms with Crippen LogP contribution in [0.25, 0.3) is 0 Å². The van der Waals surface area contributed by atoms with E-state index < -0.39 is 23.3 Å². The van der Waals surface area contributed by atoms with Gasteiger partial charge in [-0.15, -0.1) is 0 Å². The number of carbonyl (C=O) groups excluding carboxylic acids is 3. The van der Waals surface area contributed by atoms with E-state index in [2.05, 4.69) is 5.10 Å². The number of Topliss-reactive ketones (excluding diaryl/α,β-unsaturated/α-hetero) is 1. The maximum absolute atomic E-state index is 13.5. The lowest BCUT2D eigenvalue weighted by Crippen LogP contribution is -2.49. The molecule has 0 aliphatic carbocycles. The van der Waals surface area contributed by atoms with E-state index >= 15 is 0 Å². The summed E-state index contributed by atoms with van der Waals surface area (Å²) in [5, 5.41) is 6.03. The highest BCUT2D eigenvalue weighted by Crippen LogP contribution is 2.47. The van der Waals surface area contributed by atoms with E-state index in [0.29, 0.717) is 5.69 Å². The van der Waals surface area contributed by atoms with Gasteiger partial charge < -0.3 is 0 Å². The molecule has 3 aliphatic heterocycles. The molecule has 3 heterocycles. The van der Waals surface area contributed by atoms with Crippen LogP contribution in [0, 0.1) is 31.1 Å². The maximum atomic E-state index is 13.5. The molecule has 3 aliphatic rings. The van der Waals surface area contributed by atoms with Crippen molar-refractivity contribution in [3.8, 4) is 0 Å². The standard InChI is InChI=1S/C22H25N3O3/c1-12-8-9-14(13(2)11-12)24-20(27)16-15-7-6-10-23-25(15)18(17(16)21(24)28)19(26)22(3,4)5/h6-11,15-18H,1-5H3/t15-,16+,17+,18+/m1/s1. The summed E-state index contributed by atoms with van der Waals surface area (Å²) >= 11 is 0. The molecule has 4 rings (SSSR count). The van der Waals surface area contributed by atoms with Crippen LogP contribution in [0.3, 0.4) is 0 Å². The van der Waals surface area contributed by atoms with Gasteiger partial charge in [0.25, 0.3) is 0 Å². The van der Waals surface area contributed by atoms with Crippen molar-refractivity contribution in [3.05, 3.63) is 41.5 Å². The normalized spacial score (nSPS) is 28.8. The van der Waals surface area contributed by atoms with Crippen LogP contribution in [-0.2, 0) is 14.4 Å². The van der Waals surface area contributed by atoms with Crippen LogP contribution in [0.4, 0.5) is 5.69 Å². The second kappa shape index (κ2) is 6.12. The highest BCUT2D eigenvalue weighted by molar-refractivity contribution is 6.24. The first-order chi connectivity index (χ1) is 13.1. The van der Waals surface area contributed by atoms with E-state index in [0.717, 1.165) is 11.1 Å². The van der Waals surface area contributed by atoms with Crippen LogP contribution < -0.4 is 4.90 Å². The first kappa shape index (κ1) is 18.6. The Morgan fingerprint density at radius 2 is 1.75 bits per heavy atom. The van der Waals surface area contributed by atoms with Crippen LogP contribution >= 0.6 is 0 Å². The van der Waals surface area contributed by atoms with Gasteiger partial charge in [-0.3, -0.25) is 19.4 Å². The summed E-state index contributed by atoms with van der Waals surface area (Å²) in [6.45, 7) is 9.38. The smallest absolute Gasteiger partial charge is 0.240 e. The number of amides is 2. The zero-order valence-corrected chi connectivity index (χ0v) is 16.8. The molecule has 0 N–H and O–H groups in total. The molecule has 0 saturated carbocycles. The quantitative estimate of drug-likeness (QED) is 0.741. The van der Waals surface area contributed by atoms with Crippen molar-refractivity contribution in [2.75, 3.05) is 4.90 Å². The van der Waals surface area contributed by atoms with Gasteiger partial charge in [-0.1, -0.05) is 44.5 Å². The molecular formula is C22H25N3O3. The molecule has 0 unspecified atom stereocenters. The Labute approximate surface area is 164 Å². The molecule has 4 atom stereocenters. The van der Waals surface area contributed by atoms with Gasteiger partial charge >= 0.3 is 0 Å². The van der Waals surface area contributed by atoms with Crippen molar-refractivity contribution >= 4 is 29.5 Å². The molecular weight excluding hydrogens is 354 g/mol. The predicted octanol–water partition coefficient (Wildman–Crippen LogP) is 2.63. The molecule has 0 radical (unpaired) electrons. The van der Waals surface area contributed by atoms with Crippen LogP contribution in [0.1, 0.15) is 31.9 Å². The number of benzene rings is 1. The van der Waals surface area contributed by atoms with Gasteiger partial charge in [0.1, 0.15) is 6.04 Å². The monoisotopic (exact) mass is 379 g/mol. The Bertz CT molecular complexity index is 941.